The number of benzene rings is 5. The molecule has 5 aromatic carbocycles. The predicted octanol–water partition coefficient (Wildman–Crippen LogP) is 13.1. The van der Waals surface area contributed by atoms with Gasteiger partial charge in [0.1, 0.15) is 0 Å². The summed E-state index contributed by atoms with van der Waals surface area (Å²) in [5.74, 6) is 0. The molecule has 0 spiro atoms. The lowest BCUT2D eigenvalue weighted by Gasteiger charge is -2.31. The first kappa shape index (κ1) is 32.3. The zero-order chi connectivity index (χ0) is 35.8. The third-order valence-electron chi connectivity index (χ3n) is 12.0. The zero-order valence-corrected chi connectivity index (χ0v) is 31.0. The van der Waals surface area contributed by atoms with E-state index in [1.165, 1.54) is 89.8 Å². The first-order valence-corrected chi connectivity index (χ1v) is 18.8. The molecule has 52 heavy (non-hydrogen) atoms. The normalized spacial score (nSPS) is 15.8. The minimum Gasteiger partial charge on any atom is -0.317 e. The predicted molar refractivity (Wildman–Crippen MR) is 221 cm³/mol. The fraction of sp³-hybridized carbons (Fsp3) is 0.200. The van der Waals surface area contributed by atoms with Crippen LogP contribution in [-0.2, 0) is 17.3 Å². The van der Waals surface area contributed by atoms with Crippen molar-refractivity contribution in [2.24, 2.45) is 0 Å². The number of aromatic nitrogens is 1. The van der Waals surface area contributed by atoms with Crippen LogP contribution in [0.3, 0.4) is 0 Å². The van der Waals surface area contributed by atoms with Crippen molar-refractivity contribution in [3.8, 4) is 27.9 Å². The van der Waals surface area contributed by atoms with E-state index in [1.54, 1.807) is 0 Å². The van der Waals surface area contributed by atoms with Gasteiger partial charge in [0.25, 0.3) is 0 Å². The average Bonchev–Trinajstić information content (AvgIpc) is 3.67. The molecule has 0 N–H and O–H groups in total. The first-order chi connectivity index (χ1) is 25.2. The monoisotopic (exact) mass is 674 g/mol. The van der Waals surface area contributed by atoms with Gasteiger partial charge < -0.3 is 9.47 Å². The summed E-state index contributed by atoms with van der Waals surface area (Å²) in [6.45, 7) is 16.1. The highest BCUT2D eigenvalue weighted by atomic mass is 15.1. The van der Waals surface area contributed by atoms with Crippen molar-refractivity contribution < 1.29 is 0 Å². The maximum Gasteiger partial charge on any atom is 0.0462 e. The molecule has 0 atom stereocenters. The largest absolute Gasteiger partial charge is 0.317 e. The molecule has 3 aliphatic carbocycles. The standard InChI is InChI=1S/C50H46N2/c1-7-17-35(30-43-33(2)51(34-18-9-8-10-19-34)48-25-16-13-22-42(43)48)52(36-26-28-40-38-20-11-14-23-44(38)49(3,4)46(40)31-36)37-27-29-41-39-21-12-15-24-45(39)50(5,6)47(41)32-37/h7-15,18-24,26-32H,1,16-17,25H2,2-6H3/b35-30+. The van der Waals surface area contributed by atoms with Crippen LogP contribution in [0.4, 0.5) is 11.4 Å². The Kier molecular flexibility index (Phi) is 7.45. The van der Waals surface area contributed by atoms with Crippen LogP contribution in [0.1, 0.15) is 85.3 Å². The van der Waals surface area contributed by atoms with Gasteiger partial charge >= 0.3 is 0 Å². The lowest BCUT2D eigenvalue weighted by Crippen LogP contribution is -2.20. The second-order valence-corrected chi connectivity index (χ2v) is 15.7. The van der Waals surface area contributed by atoms with Gasteiger partial charge in [0.05, 0.1) is 0 Å². The molecule has 0 bridgehead atoms. The Bertz CT molecular complexity index is 2360. The van der Waals surface area contributed by atoms with Crippen molar-refractivity contribution in [3.63, 3.8) is 0 Å². The number of rotatable bonds is 7. The average molecular weight is 675 g/mol. The molecule has 256 valence electrons. The molecule has 1 aromatic heterocycles. The van der Waals surface area contributed by atoms with E-state index in [4.69, 9.17) is 0 Å². The van der Waals surface area contributed by atoms with Gasteiger partial charge in [-0.15, -0.1) is 6.58 Å². The molecular weight excluding hydrogens is 629 g/mol. The molecule has 0 unspecified atom stereocenters. The summed E-state index contributed by atoms with van der Waals surface area (Å²) in [5.41, 5.74) is 20.7. The third kappa shape index (κ3) is 4.77. The van der Waals surface area contributed by atoms with E-state index < -0.39 is 0 Å². The molecule has 0 saturated heterocycles. The smallest absolute Gasteiger partial charge is 0.0462 e. The maximum atomic E-state index is 4.30. The molecule has 0 saturated carbocycles. The quantitative estimate of drug-likeness (QED) is 0.153. The van der Waals surface area contributed by atoms with Crippen molar-refractivity contribution >= 4 is 23.5 Å². The minimum atomic E-state index is -0.106. The fourth-order valence-corrected chi connectivity index (χ4v) is 9.43. The van der Waals surface area contributed by atoms with Crippen LogP contribution in [0, 0.1) is 6.92 Å². The molecule has 6 aromatic rings. The van der Waals surface area contributed by atoms with Crippen LogP contribution in [-0.4, -0.2) is 4.57 Å². The van der Waals surface area contributed by atoms with Gasteiger partial charge in [-0.25, -0.2) is 0 Å². The highest BCUT2D eigenvalue weighted by Crippen LogP contribution is 2.53. The minimum absolute atomic E-state index is 0.106. The second-order valence-electron chi connectivity index (χ2n) is 15.7. The Hall–Kier alpha value is -5.60. The van der Waals surface area contributed by atoms with Crippen molar-refractivity contribution in [3.05, 3.63) is 184 Å². The van der Waals surface area contributed by atoms with E-state index >= 15 is 0 Å². The molecule has 0 radical (unpaired) electrons. The van der Waals surface area contributed by atoms with Crippen LogP contribution in [0.2, 0.25) is 0 Å². The van der Waals surface area contributed by atoms with Gasteiger partial charge in [-0.05, 0) is 107 Å². The Labute approximate surface area is 309 Å². The second kappa shape index (κ2) is 12.0. The number of allylic oxidation sites excluding steroid dienone is 2. The van der Waals surface area contributed by atoms with E-state index in [0.29, 0.717) is 0 Å². The van der Waals surface area contributed by atoms with E-state index in [-0.39, 0.29) is 10.8 Å². The molecule has 0 amide bonds. The Morgan fingerprint density at radius 2 is 1.23 bits per heavy atom. The van der Waals surface area contributed by atoms with Crippen LogP contribution in [0.25, 0.3) is 40.1 Å². The molecule has 2 heteroatoms. The summed E-state index contributed by atoms with van der Waals surface area (Å²) in [7, 11) is 0. The van der Waals surface area contributed by atoms with Gasteiger partial charge in [-0.2, -0.15) is 0 Å². The number of anilines is 2. The fourth-order valence-electron chi connectivity index (χ4n) is 9.43. The summed E-state index contributed by atoms with van der Waals surface area (Å²) in [4.78, 5) is 2.51. The lowest BCUT2D eigenvalue weighted by atomic mass is 9.82. The Morgan fingerprint density at radius 3 is 1.81 bits per heavy atom. The highest BCUT2D eigenvalue weighted by Gasteiger charge is 2.38. The van der Waals surface area contributed by atoms with Crippen molar-refractivity contribution in [1.29, 1.82) is 0 Å². The SMILES string of the molecule is C=CC/C(=C\c1c2c(n(-c3ccccc3)c1C)CCC=C2)N(c1ccc2c(c1)C(C)(C)c1ccccc1-2)c1ccc2c(c1)C(C)(C)c1ccccc1-2. The van der Waals surface area contributed by atoms with Gasteiger partial charge in [-0.3, -0.25) is 0 Å². The number of hydrogen-bond donors (Lipinski definition) is 0. The summed E-state index contributed by atoms with van der Waals surface area (Å²) in [5, 5.41) is 0. The molecule has 0 fully saturated rings. The molecular formula is C50H46N2. The van der Waals surface area contributed by atoms with Crippen LogP contribution in [0.5, 0.6) is 0 Å². The van der Waals surface area contributed by atoms with Crippen LogP contribution >= 0.6 is 0 Å². The highest BCUT2D eigenvalue weighted by molar-refractivity contribution is 5.88. The molecule has 2 nitrogen and oxygen atoms in total. The number of para-hydroxylation sites is 1. The van der Waals surface area contributed by atoms with E-state index in [9.17, 15) is 0 Å². The molecule has 3 aliphatic rings. The number of fused-ring (bicyclic) bond motifs is 7. The Balaban J connectivity index is 1.28. The van der Waals surface area contributed by atoms with Gasteiger partial charge in [-0.1, -0.05) is 125 Å². The van der Waals surface area contributed by atoms with E-state index in [2.05, 4.69) is 190 Å². The van der Waals surface area contributed by atoms with Crippen molar-refractivity contribution in [1.82, 2.24) is 4.57 Å². The number of hydrogen-bond acceptors (Lipinski definition) is 1. The van der Waals surface area contributed by atoms with Crippen LogP contribution in [0.15, 0.2) is 140 Å². The van der Waals surface area contributed by atoms with E-state index in [1.807, 2.05) is 0 Å². The summed E-state index contributed by atoms with van der Waals surface area (Å²) >= 11 is 0. The topological polar surface area (TPSA) is 8.17 Å². The molecule has 1 heterocycles. The summed E-state index contributed by atoms with van der Waals surface area (Å²) < 4.78 is 2.48. The maximum absolute atomic E-state index is 4.30. The van der Waals surface area contributed by atoms with Gasteiger partial charge in [0.2, 0.25) is 0 Å². The zero-order valence-electron chi connectivity index (χ0n) is 31.0. The van der Waals surface area contributed by atoms with Gasteiger partial charge in [0, 0.05) is 62.5 Å². The van der Waals surface area contributed by atoms with Crippen LogP contribution < -0.4 is 4.90 Å². The Morgan fingerprint density at radius 1 is 0.692 bits per heavy atom. The van der Waals surface area contributed by atoms with E-state index in [0.717, 1.165) is 19.3 Å². The van der Waals surface area contributed by atoms with Crippen molar-refractivity contribution in [2.45, 2.75) is 64.7 Å². The number of nitrogens with zero attached hydrogens (tertiary/aromatic N) is 2. The third-order valence-corrected chi connectivity index (χ3v) is 12.0. The van der Waals surface area contributed by atoms with Gasteiger partial charge in [0.15, 0.2) is 0 Å². The first-order valence-electron chi connectivity index (χ1n) is 18.8. The summed E-state index contributed by atoms with van der Waals surface area (Å²) in [6, 6.07) is 42.9. The molecule has 9 rings (SSSR count). The lowest BCUT2D eigenvalue weighted by molar-refractivity contribution is 0.660. The summed E-state index contributed by atoms with van der Waals surface area (Å²) in [6.07, 6.45) is 12.0. The molecule has 0 aliphatic heterocycles. The van der Waals surface area contributed by atoms with Crippen molar-refractivity contribution in [2.75, 3.05) is 4.90 Å².